The van der Waals surface area contributed by atoms with Gasteiger partial charge >= 0.3 is 0 Å². The minimum atomic E-state index is 0.482. The van der Waals surface area contributed by atoms with Gasteiger partial charge in [0, 0.05) is 6.54 Å². The molecule has 0 aliphatic rings. The van der Waals surface area contributed by atoms with Crippen LogP contribution in [0.25, 0.3) is 11.0 Å². The zero-order chi connectivity index (χ0) is 13.0. The lowest BCUT2D eigenvalue weighted by Gasteiger charge is -2.10. The monoisotopic (exact) mass is 245 g/mol. The van der Waals surface area contributed by atoms with E-state index in [1.807, 2.05) is 18.2 Å². The lowest BCUT2D eigenvalue weighted by atomic mass is 10.1. The number of rotatable bonds is 6. The van der Waals surface area contributed by atoms with Crippen LogP contribution in [-0.4, -0.2) is 16.0 Å². The van der Waals surface area contributed by atoms with Crippen LogP contribution in [0.4, 0.5) is 0 Å². The molecule has 0 aliphatic heterocycles. The highest BCUT2D eigenvalue weighted by molar-refractivity contribution is 5.75. The minimum absolute atomic E-state index is 0.482. The topological polar surface area (TPSA) is 46.9 Å². The Morgan fingerprint density at radius 1 is 1.39 bits per heavy atom. The average Bonchev–Trinajstić information content (AvgIpc) is 2.71. The number of benzene rings is 1. The quantitative estimate of drug-likeness (QED) is 0.794. The van der Waals surface area contributed by atoms with Gasteiger partial charge < -0.3 is 9.88 Å². The summed E-state index contributed by atoms with van der Waals surface area (Å²) < 4.78 is 2.20. The Bertz CT molecular complexity index is 531. The van der Waals surface area contributed by atoms with E-state index in [0.717, 1.165) is 29.8 Å². The van der Waals surface area contributed by atoms with Crippen molar-refractivity contribution >= 4 is 17.4 Å². The van der Waals surface area contributed by atoms with Crippen molar-refractivity contribution in [1.29, 1.82) is 0 Å². The fraction of sp³-hybridized carbons (Fsp3) is 0.429. The summed E-state index contributed by atoms with van der Waals surface area (Å²) in [6, 6.07) is 8.09. The van der Waals surface area contributed by atoms with E-state index < -0.39 is 0 Å². The highest BCUT2D eigenvalue weighted by Crippen LogP contribution is 2.17. The van der Waals surface area contributed by atoms with Gasteiger partial charge in [-0.3, -0.25) is 4.79 Å². The highest BCUT2D eigenvalue weighted by Gasteiger charge is 2.10. The van der Waals surface area contributed by atoms with Crippen LogP contribution in [0, 0.1) is 5.92 Å². The first-order valence-corrected chi connectivity index (χ1v) is 6.33. The molecule has 0 saturated heterocycles. The molecule has 0 radical (unpaired) electrons. The number of aryl methyl sites for hydroxylation is 1. The maximum absolute atomic E-state index is 10.4. The highest BCUT2D eigenvalue weighted by atomic mass is 16.1. The molecule has 4 nitrogen and oxygen atoms in total. The number of hydrogen-bond donors (Lipinski definition) is 1. The number of nitrogens with one attached hydrogen (secondary N) is 1. The van der Waals surface area contributed by atoms with Crippen LogP contribution in [0.5, 0.6) is 0 Å². The summed E-state index contributed by atoms with van der Waals surface area (Å²) in [5, 5.41) is 2.69. The molecule has 0 bridgehead atoms. The van der Waals surface area contributed by atoms with Crippen molar-refractivity contribution < 1.29 is 4.79 Å². The first-order valence-electron chi connectivity index (χ1n) is 6.33. The molecule has 96 valence electrons. The predicted molar refractivity (Wildman–Crippen MR) is 72.1 cm³/mol. The van der Waals surface area contributed by atoms with Crippen LogP contribution < -0.4 is 5.32 Å². The van der Waals surface area contributed by atoms with Gasteiger partial charge in [-0.15, -0.1) is 0 Å². The molecule has 0 spiro atoms. The molecule has 0 saturated carbocycles. The number of carbonyl (C=O) groups is 1. The molecule has 0 unspecified atom stereocenters. The normalized spacial score (nSPS) is 11.1. The van der Waals surface area contributed by atoms with E-state index >= 15 is 0 Å². The Labute approximate surface area is 107 Å². The van der Waals surface area contributed by atoms with Crippen molar-refractivity contribution in [3.05, 3.63) is 30.1 Å². The summed E-state index contributed by atoms with van der Waals surface area (Å²) in [4.78, 5) is 15.0. The zero-order valence-corrected chi connectivity index (χ0v) is 10.9. The third-order valence-electron chi connectivity index (χ3n) is 3.01. The Balaban J connectivity index is 2.34. The molecule has 1 amide bonds. The summed E-state index contributed by atoms with van der Waals surface area (Å²) in [5.74, 6) is 1.57. The van der Waals surface area contributed by atoms with Crippen LogP contribution >= 0.6 is 0 Å². The van der Waals surface area contributed by atoms with Gasteiger partial charge in [0.05, 0.1) is 17.6 Å². The number of fused-ring (bicyclic) bond motifs is 1. The van der Waals surface area contributed by atoms with Gasteiger partial charge in [-0.05, 0) is 24.5 Å². The first-order chi connectivity index (χ1) is 8.72. The maximum atomic E-state index is 10.4. The Kier molecular flexibility index (Phi) is 3.97. The fourth-order valence-corrected chi connectivity index (χ4v) is 2.03. The second kappa shape index (κ2) is 5.67. The lowest BCUT2D eigenvalue weighted by molar-refractivity contribution is -0.109. The Hall–Kier alpha value is -1.84. The SMILES string of the molecule is CC(C)CCn1c(CNC=O)nc2ccccc21. The lowest BCUT2D eigenvalue weighted by Crippen LogP contribution is -2.15. The molecule has 1 aromatic heterocycles. The van der Waals surface area contributed by atoms with E-state index in [0.29, 0.717) is 18.9 Å². The van der Waals surface area contributed by atoms with E-state index in [1.165, 1.54) is 0 Å². The number of hydrogen-bond acceptors (Lipinski definition) is 2. The summed E-state index contributed by atoms with van der Waals surface area (Å²) >= 11 is 0. The average molecular weight is 245 g/mol. The summed E-state index contributed by atoms with van der Waals surface area (Å²) in [6.07, 6.45) is 1.82. The van der Waals surface area contributed by atoms with Crippen molar-refractivity contribution in [1.82, 2.24) is 14.9 Å². The molecule has 1 heterocycles. The standard InChI is InChI=1S/C14H19N3O/c1-11(2)7-8-17-13-6-4-3-5-12(13)16-14(17)9-15-10-18/h3-6,10-11H,7-9H2,1-2H3,(H,15,18). The third-order valence-corrected chi connectivity index (χ3v) is 3.01. The van der Waals surface area contributed by atoms with Crippen LogP contribution in [-0.2, 0) is 17.9 Å². The summed E-state index contributed by atoms with van der Waals surface area (Å²) in [6.45, 7) is 5.84. The molecule has 0 atom stereocenters. The van der Waals surface area contributed by atoms with Crippen LogP contribution in [0.2, 0.25) is 0 Å². The van der Waals surface area contributed by atoms with E-state index in [4.69, 9.17) is 0 Å². The van der Waals surface area contributed by atoms with Gasteiger partial charge in [0.25, 0.3) is 0 Å². The number of para-hydroxylation sites is 2. The van der Waals surface area contributed by atoms with E-state index in [2.05, 4.69) is 34.8 Å². The van der Waals surface area contributed by atoms with E-state index in [-0.39, 0.29) is 0 Å². The second-order valence-electron chi connectivity index (χ2n) is 4.85. The number of aromatic nitrogens is 2. The predicted octanol–water partition coefficient (Wildman–Crippen LogP) is 2.33. The molecule has 0 fully saturated rings. The zero-order valence-electron chi connectivity index (χ0n) is 10.9. The van der Waals surface area contributed by atoms with Crippen molar-refractivity contribution in [3.63, 3.8) is 0 Å². The van der Waals surface area contributed by atoms with Crippen molar-refractivity contribution in [2.45, 2.75) is 33.4 Å². The van der Waals surface area contributed by atoms with Gasteiger partial charge in [0.1, 0.15) is 5.82 Å². The van der Waals surface area contributed by atoms with Crippen LogP contribution in [0.15, 0.2) is 24.3 Å². The molecule has 1 N–H and O–H groups in total. The number of carbonyl (C=O) groups excluding carboxylic acids is 1. The number of imidazole rings is 1. The molecule has 2 aromatic rings. The minimum Gasteiger partial charge on any atom is -0.351 e. The number of nitrogens with zero attached hydrogens (tertiary/aromatic N) is 2. The smallest absolute Gasteiger partial charge is 0.207 e. The van der Waals surface area contributed by atoms with Crippen molar-refractivity contribution in [2.75, 3.05) is 0 Å². The molecular weight excluding hydrogens is 226 g/mol. The number of amides is 1. The van der Waals surface area contributed by atoms with E-state index in [9.17, 15) is 4.79 Å². The van der Waals surface area contributed by atoms with Gasteiger partial charge in [-0.1, -0.05) is 26.0 Å². The molecule has 4 heteroatoms. The van der Waals surface area contributed by atoms with Crippen molar-refractivity contribution in [3.8, 4) is 0 Å². The Morgan fingerprint density at radius 2 is 2.17 bits per heavy atom. The van der Waals surface area contributed by atoms with Gasteiger partial charge in [-0.2, -0.15) is 0 Å². The van der Waals surface area contributed by atoms with Crippen LogP contribution in [0.3, 0.4) is 0 Å². The van der Waals surface area contributed by atoms with Crippen LogP contribution in [0.1, 0.15) is 26.1 Å². The molecule has 18 heavy (non-hydrogen) atoms. The summed E-state index contributed by atoms with van der Waals surface area (Å²) in [5.41, 5.74) is 2.13. The van der Waals surface area contributed by atoms with E-state index in [1.54, 1.807) is 0 Å². The maximum Gasteiger partial charge on any atom is 0.207 e. The van der Waals surface area contributed by atoms with Gasteiger partial charge in [0.2, 0.25) is 6.41 Å². The molecule has 2 rings (SSSR count). The van der Waals surface area contributed by atoms with Gasteiger partial charge in [-0.25, -0.2) is 4.98 Å². The molecule has 1 aromatic carbocycles. The second-order valence-corrected chi connectivity index (χ2v) is 4.85. The molecular formula is C14H19N3O. The Morgan fingerprint density at radius 3 is 2.89 bits per heavy atom. The van der Waals surface area contributed by atoms with Gasteiger partial charge in [0.15, 0.2) is 0 Å². The molecule has 0 aliphatic carbocycles. The first kappa shape index (κ1) is 12.6. The van der Waals surface area contributed by atoms with Crippen molar-refractivity contribution in [2.24, 2.45) is 5.92 Å². The fourth-order valence-electron chi connectivity index (χ4n) is 2.03. The third kappa shape index (κ3) is 2.70. The largest absolute Gasteiger partial charge is 0.351 e. The summed E-state index contributed by atoms with van der Waals surface area (Å²) in [7, 11) is 0.